The zero-order chi connectivity index (χ0) is 15.7. The molecule has 0 amide bonds. The molecule has 1 aromatic carbocycles. The monoisotopic (exact) mass is 292 g/mol. The number of hydrogen-bond acceptors (Lipinski definition) is 2. The van der Waals surface area contributed by atoms with Gasteiger partial charge in [-0.15, -0.1) is 0 Å². The third-order valence-corrected chi connectivity index (χ3v) is 3.82. The Hall–Kier alpha value is -2.04. The Morgan fingerprint density at radius 3 is 2.48 bits per heavy atom. The van der Waals surface area contributed by atoms with Gasteiger partial charge in [-0.2, -0.15) is 5.10 Å². The molecule has 0 atom stereocenters. The summed E-state index contributed by atoms with van der Waals surface area (Å²) in [6.07, 6.45) is 0.488. The molecule has 1 heterocycles. The van der Waals surface area contributed by atoms with Gasteiger partial charge >= 0.3 is 0 Å². The first kappa shape index (κ1) is 15.4. The molecule has 5 heteroatoms. The van der Waals surface area contributed by atoms with Crippen molar-refractivity contribution in [2.45, 2.75) is 33.6 Å². The molecule has 1 aromatic heterocycles. The van der Waals surface area contributed by atoms with Crippen LogP contribution < -0.4 is 0 Å². The van der Waals surface area contributed by atoms with E-state index in [1.54, 1.807) is 4.68 Å². The molecule has 0 N–H and O–H groups in total. The number of carbonyl (C=O) groups excluding carboxylic acids is 1. The predicted molar refractivity (Wildman–Crippen MR) is 76.4 cm³/mol. The minimum absolute atomic E-state index is 0.0602. The van der Waals surface area contributed by atoms with E-state index >= 15 is 0 Å². The van der Waals surface area contributed by atoms with Crippen molar-refractivity contribution in [2.24, 2.45) is 7.05 Å². The van der Waals surface area contributed by atoms with Gasteiger partial charge in [-0.25, -0.2) is 8.78 Å². The quantitative estimate of drug-likeness (QED) is 0.809. The molecule has 0 unspecified atom stereocenters. The Balaban J connectivity index is 2.22. The van der Waals surface area contributed by atoms with Crippen molar-refractivity contribution in [3.8, 4) is 0 Å². The first-order valence-corrected chi connectivity index (χ1v) is 6.79. The molecule has 2 aromatic rings. The van der Waals surface area contributed by atoms with Crippen LogP contribution >= 0.6 is 0 Å². The van der Waals surface area contributed by atoms with Crippen LogP contribution in [-0.4, -0.2) is 15.6 Å². The van der Waals surface area contributed by atoms with Crippen LogP contribution in [0.3, 0.4) is 0 Å². The maximum Gasteiger partial charge on any atom is 0.169 e. The van der Waals surface area contributed by atoms with Crippen molar-refractivity contribution in [3.63, 3.8) is 0 Å². The lowest BCUT2D eigenvalue weighted by molar-refractivity contribution is 0.0974. The smallest absolute Gasteiger partial charge is 0.169 e. The highest BCUT2D eigenvalue weighted by Gasteiger charge is 2.20. The number of carbonyl (C=O) groups is 1. The maximum atomic E-state index is 13.9. The third kappa shape index (κ3) is 2.86. The Labute approximate surface area is 122 Å². The number of hydrogen-bond donors (Lipinski definition) is 0. The summed E-state index contributed by atoms with van der Waals surface area (Å²) in [5.74, 6) is -2.08. The second-order valence-corrected chi connectivity index (χ2v) is 5.25. The van der Waals surface area contributed by atoms with Crippen molar-refractivity contribution in [1.82, 2.24) is 9.78 Å². The molecule has 0 fully saturated rings. The van der Waals surface area contributed by atoms with Crippen LogP contribution in [0.5, 0.6) is 0 Å². The van der Waals surface area contributed by atoms with E-state index in [0.29, 0.717) is 6.42 Å². The van der Waals surface area contributed by atoms with Crippen LogP contribution in [0, 0.1) is 32.4 Å². The molecule has 3 nitrogen and oxygen atoms in total. The van der Waals surface area contributed by atoms with Crippen LogP contribution in [0.4, 0.5) is 8.78 Å². The Bertz CT molecular complexity index is 705. The van der Waals surface area contributed by atoms with Crippen molar-refractivity contribution < 1.29 is 13.6 Å². The number of benzene rings is 1. The topological polar surface area (TPSA) is 34.9 Å². The van der Waals surface area contributed by atoms with E-state index in [4.69, 9.17) is 0 Å². The summed E-state index contributed by atoms with van der Waals surface area (Å²) >= 11 is 0. The number of nitrogens with zero attached hydrogens (tertiary/aromatic N) is 2. The van der Waals surface area contributed by atoms with Gasteiger partial charge in [0.05, 0.1) is 11.3 Å². The summed E-state index contributed by atoms with van der Waals surface area (Å²) in [7, 11) is 1.83. The molecule has 112 valence electrons. The molecule has 0 bridgehead atoms. The third-order valence-electron chi connectivity index (χ3n) is 3.82. The number of Topliss-reactive ketones (excluding diaryl/α,β-unsaturated/α-hetero) is 1. The van der Waals surface area contributed by atoms with Crippen molar-refractivity contribution >= 4 is 5.78 Å². The summed E-state index contributed by atoms with van der Waals surface area (Å²) in [5, 5.41) is 4.27. The number of rotatable bonds is 4. The zero-order valence-corrected chi connectivity index (χ0v) is 12.6. The van der Waals surface area contributed by atoms with Gasteiger partial charge in [0.25, 0.3) is 0 Å². The SMILES string of the molecule is Cc1ccc(F)c(C(=O)CCc2c(C)nn(C)c2C)c1F. The molecule has 0 radical (unpaired) electrons. The molecule has 0 aliphatic heterocycles. The summed E-state index contributed by atoms with van der Waals surface area (Å²) < 4.78 is 29.4. The molecular weight excluding hydrogens is 274 g/mol. The first-order chi connectivity index (χ1) is 9.82. The number of aromatic nitrogens is 2. The molecule has 0 saturated heterocycles. The second-order valence-electron chi connectivity index (χ2n) is 5.25. The minimum atomic E-state index is -0.803. The van der Waals surface area contributed by atoms with E-state index in [1.807, 2.05) is 20.9 Å². The summed E-state index contributed by atoms with van der Waals surface area (Å²) in [4.78, 5) is 12.1. The van der Waals surface area contributed by atoms with Gasteiger partial charge in [0.15, 0.2) is 5.78 Å². The molecular formula is C16H18F2N2O. The van der Waals surface area contributed by atoms with Gasteiger partial charge in [-0.05, 0) is 44.4 Å². The minimum Gasteiger partial charge on any atom is -0.294 e. The Morgan fingerprint density at radius 2 is 1.90 bits per heavy atom. The fourth-order valence-corrected chi connectivity index (χ4v) is 2.46. The lowest BCUT2D eigenvalue weighted by atomic mass is 9.99. The highest BCUT2D eigenvalue weighted by Crippen LogP contribution is 2.20. The van der Waals surface area contributed by atoms with Crippen molar-refractivity contribution in [2.75, 3.05) is 0 Å². The second kappa shape index (κ2) is 5.76. The van der Waals surface area contributed by atoms with Gasteiger partial charge in [0.2, 0.25) is 0 Å². The van der Waals surface area contributed by atoms with E-state index in [0.717, 1.165) is 23.0 Å². The van der Waals surface area contributed by atoms with Crippen LogP contribution in [0.2, 0.25) is 0 Å². The number of aryl methyl sites for hydroxylation is 3. The molecule has 0 aliphatic rings. The van der Waals surface area contributed by atoms with Crippen LogP contribution in [0.1, 0.15) is 39.3 Å². The standard InChI is InChI=1S/C16H18F2N2O/c1-9-5-7-13(17)15(16(9)18)14(21)8-6-12-10(2)19-20(4)11(12)3/h5,7H,6,8H2,1-4H3. The van der Waals surface area contributed by atoms with Gasteiger partial charge in [0.1, 0.15) is 11.6 Å². The van der Waals surface area contributed by atoms with E-state index in [1.165, 1.54) is 13.0 Å². The van der Waals surface area contributed by atoms with E-state index in [-0.39, 0.29) is 12.0 Å². The summed E-state index contributed by atoms with van der Waals surface area (Å²) in [6.45, 7) is 5.29. The molecule has 0 spiro atoms. The van der Waals surface area contributed by atoms with Gasteiger partial charge < -0.3 is 0 Å². The average Bonchev–Trinajstić information content (AvgIpc) is 2.66. The highest BCUT2D eigenvalue weighted by atomic mass is 19.1. The van der Waals surface area contributed by atoms with E-state index in [9.17, 15) is 13.6 Å². The zero-order valence-electron chi connectivity index (χ0n) is 12.6. The average molecular weight is 292 g/mol. The summed E-state index contributed by atoms with van der Waals surface area (Å²) in [5.41, 5.74) is 2.60. The first-order valence-electron chi connectivity index (χ1n) is 6.79. The lowest BCUT2D eigenvalue weighted by Gasteiger charge is -2.07. The van der Waals surface area contributed by atoms with E-state index in [2.05, 4.69) is 5.10 Å². The highest BCUT2D eigenvalue weighted by molar-refractivity contribution is 5.97. The van der Waals surface area contributed by atoms with Gasteiger partial charge in [-0.3, -0.25) is 9.48 Å². The van der Waals surface area contributed by atoms with E-state index < -0.39 is 23.0 Å². The largest absolute Gasteiger partial charge is 0.294 e. The normalized spacial score (nSPS) is 11.0. The molecule has 0 aliphatic carbocycles. The van der Waals surface area contributed by atoms with Crippen LogP contribution in [-0.2, 0) is 13.5 Å². The maximum absolute atomic E-state index is 13.9. The van der Waals surface area contributed by atoms with Crippen LogP contribution in [0.15, 0.2) is 12.1 Å². The summed E-state index contributed by atoms with van der Waals surface area (Å²) in [6, 6.07) is 2.46. The number of halogens is 2. The lowest BCUT2D eigenvalue weighted by Crippen LogP contribution is -2.09. The van der Waals surface area contributed by atoms with Crippen molar-refractivity contribution in [1.29, 1.82) is 0 Å². The van der Waals surface area contributed by atoms with Gasteiger partial charge in [0, 0.05) is 19.2 Å². The number of ketones is 1. The van der Waals surface area contributed by atoms with Crippen LogP contribution in [0.25, 0.3) is 0 Å². The predicted octanol–water partition coefficient (Wildman–Crippen LogP) is 3.44. The molecule has 21 heavy (non-hydrogen) atoms. The van der Waals surface area contributed by atoms with Gasteiger partial charge in [-0.1, -0.05) is 6.07 Å². The van der Waals surface area contributed by atoms with Crippen molar-refractivity contribution in [3.05, 3.63) is 51.8 Å². The molecule has 0 saturated carbocycles. The Morgan fingerprint density at radius 1 is 1.24 bits per heavy atom. The molecule has 2 rings (SSSR count). The fraction of sp³-hybridized carbons (Fsp3) is 0.375. The Kier molecular flexibility index (Phi) is 4.21. The fourth-order valence-electron chi connectivity index (χ4n) is 2.46.